The van der Waals surface area contributed by atoms with Crippen LogP contribution in [0.3, 0.4) is 0 Å². The first-order valence-electron chi connectivity index (χ1n) is 19.4. The molecular weight excluding hydrogens is 701 g/mol. The van der Waals surface area contributed by atoms with Crippen molar-refractivity contribution in [1.29, 1.82) is 0 Å². The largest absolute Gasteiger partial charge is 0.343 e. The minimum absolute atomic E-state index is 0.0716. The first-order chi connectivity index (χ1) is 27.3. The summed E-state index contributed by atoms with van der Waals surface area (Å²) in [6.07, 6.45) is 1.99. The van der Waals surface area contributed by atoms with Crippen LogP contribution in [-0.4, -0.2) is 19.9 Å². The Morgan fingerprint density at radius 3 is 1.70 bits per heavy atom. The Balaban J connectivity index is 1.11. The van der Waals surface area contributed by atoms with Crippen LogP contribution >= 0.6 is 10.3 Å². The van der Waals surface area contributed by atoms with Gasteiger partial charge in [0.1, 0.15) is 0 Å². The zero-order valence-electron chi connectivity index (χ0n) is 31.4. The maximum atomic E-state index is 11.8. The summed E-state index contributed by atoms with van der Waals surface area (Å²) in [5, 5.41) is 4.92. The van der Waals surface area contributed by atoms with E-state index in [1.54, 1.807) is 0 Å². The third-order valence-electron chi connectivity index (χ3n) is 12.8. The van der Waals surface area contributed by atoms with Crippen LogP contribution in [0.15, 0.2) is 180 Å². The van der Waals surface area contributed by atoms with Gasteiger partial charge in [-0.25, -0.2) is 0 Å². The summed E-state index contributed by atoms with van der Waals surface area (Å²) in [4.78, 5) is 2.07. The molecule has 268 valence electrons. The van der Waals surface area contributed by atoms with Gasteiger partial charge in [0.05, 0.1) is 22.1 Å². The molecule has 0 saturated heterocycles. The number of hydrogen-bond acceptors (Lipinski definition) is 1. The van der Waals surface area contributed by atoms with E-state index in [0.29, 0.717) is 0 Å². The Kier molecular flexibility index (Phi) is 6.35. The molecule has 3 heterocycles. The molecule has 4 heteroatoms. The SMILES string of the molecule is CC1(C)c2ccccc2-c2ccc(-c3ccc4c(c3)c3cc(-n5c6ccccc6c6ccccc65)ccc3n4-c3ccc4c(c3)-c3ccccc3S4(C)O)cc21. The molecule has 1 atom stereocenters. The van der Waals surface area contributed by atoms with Crippen molar-refractivity contribution < 1.29 is 4.55 Å². The topological polar surface area (TPSA) is 30.1 Å². The first kappa shape index (κ1) is 32.0. The fourth-order valence-electron chi connectivity index (χ4n) is 10.1. The van der Waals surface area contributed by atoms with E-state index >= 15 is 0 Å². The number of hydrogen-bond donors (Lipinski definition) is 1. The number of benzene rings is 8. The van der Waals surface area contributed by atoms with Crippen LogP contribution < -0.4 is 0 Å². The van der Waals surface area contributed by atoms with Gasteiger partial charge in [0.2, 0.25) is 0 Å². The molecule has 2 aliphatic rings. The van der Waals surface area contributed by atoms with Gasteiger partial charge in [-0.1, -0.05) is 121 Å². The summed E-state index contributed by atoms with van der Waals surface area (Å²) >= 11 is 0. The lowest BCUT2D eigenvalue weighted by Crippen LogP contribution is -2.14. The van der Waals surface area contributed by atoms with Crippen molar-refractivity contribution in [2.45, 2.75) is 29.1 Å². The summed E-state index contributed by atoms with van der Waals surface area (Å²) < 4.78 is 16.6. The van der Waals surface area contributed by atoms with Crippen LogP contribution in [0.5, 0.6) is 0 Å². The molecule has 8 aromatic carbocycles. The minimum Gasteiger partial charge on any atom is -0.343 e. The van der Waals surface area contributed by atoms with E-state index in [9.17, 15) is 4.55 Å². The van der Waals surface area contributed by atoms with Crippen molar-refractivity contribution >= 4 is 53.9 Å². The fraction of sp³-hybridized carbons (Fsp3) is 0.0769. The van der Waals surface area contributed by atoms with Crippen molar-refractivity contribution in [3.8, 4) is 44.8 Å². The Hall–Kier alpha value is -6.33. The highest BCUT2D eigenvalue weighted by Gasteiger charge is 2.36. The zero-order chi connectivity index (χ0) is 37.5. The Morgan fingerprint density at radius 1 is 0.411 bits per heavy atom. The molecule has 3 nitrogen and oxygen atoms in total. The van der Waals surface area contributed by atoms with Crippen molar-refractivity contribution in [2.75, 3.05) is 6.26 Å². The minimum atomic E-state index is -2.08. The summed E-state index contributed by atoms with van der Waals surface area (Å²) in [6.45, 7) is 4.70. The van der Waals surface area contributed by atoms with Crippen LogP contribution in [0.1, 0.15) is 25.0 Å². The normalized spacial score (nSPS) is 17.6. The van der Waals surface area contributed by atoms with Crippen LogP contribution in [0.25, 0.3) is 88.4 Å². The van der Waals surface area contributed by atoms with Gasteiger partial charge < -0.3 is 13.7 Å². The van der Waals surface area contributed by atoms with Gasteiger partial charge in [0.15, 0.2) is 0 Å². The molecular formula is C52H38N2OS. The quantitative estimate of drug-likeness (QED) is 0.192. The van der Waals surface area contributed by atoms with Crippen molar-refractivity contribution in [3.63, 3.8) is 0 Å². The number of fused-ring (bicyclic) bond motifs is 12. The maximum absolute atomic E-state index is 11.8. The average molecular weight is 739 g/mol. The smallest absolute Gasteiger partial charge is 0.0542 e. The second-order valence-corrected chi connectivity index (χ2v) is 18.8. The fourth-order valence-corrected chi connectivity index (χ4v) is 12.2. The molecule has 0 spiro atoms. The summed E-state index contributed by atoms with van der Waals surface area (Å²) in [6, 6.07) is 62.3. The number of para-hydroxylation sites is 2. The zero-order valence-corrected chi connectivity index (χ0v) is 32.2. The predicted octanol–water partition coefficient (Wildman–Crippen LogP) is 14.2. The predicted molar refractivity (Wildman–Crippen MR) is 236 cm³/mol. The molecule has 0 radical (unpaired) electrons. The molecule has 0 bridgehead atoms. The van der Waals surface area contributed by atoms with E-state index in [0.717, 1.165) is 43.3 Å². The first-order valence-corrected chi connectivity index (χ1v) is 21.4. The van der Waals surface area contributed by atoms with Crippen molar-refractivity contribution in [2.24, 2.45) is 0 Å². The lowest BCUT2D eigenvalue weighted by Gasteiger charge is -2.26. The summed E-state index contributed by atoms with van der Waals surface area (Å²) in [7, 11) is -2.08. The lowest BCUT2D eigenvalue weighted by molar-refractivity contribution is 0.633. The third-order valence-corrected chi connectivity index (χ3v) is 15.2. The van der Waals surface area contributed by atoms with Crippen molar-refractivity contribution in [3.05, 3.63) is 181 Å². The van der Waals surface area contributed by atoms with E-state index in [1.165, 1.54) is 66.0 Å². The van der Waals surface area contributed by atoms with E-state index in [2.05, 4.69) is 187 Å². The molecule has 1 N–H and O–H groups in total. The molecule has 0 fully saturated rings. The average Bonchev–Trinajstić information content (AvgIpc) is 3.89. The van der Waals surface area contributed by atoms with E-state index in [1.807, 2.05) is 12.3 Å². The number of rotatable bonds is 3. The van der Waals surface area contributed by atoms with E-state index in [-0.39, 0.29) is 5.41 Å². The van der Waals surface area contributed by atoms with E-state index < -0.39 is 10.3 Å². The molecule has 1 aliphatic heterocycles. The summed E-state index contributed by atoms with van der Waals surface area (Å²) in [5.41, 5.74) is 17.0. The molecule has 10 aromatic rings. The van der Waals surface area contributed by atoms with Crippen molar-refractivity contribution in [1.82, 2.24) is 9.13 Å². The monoisotopic (exact) mass is 738 g/mol. The molecule has 0 saturated carbocycles. The molecule has 0 amide bonds. The second kappa shape index (κ2) is 11.1. The number of aromatic nitrogens is 2. The van der Waals surface area contributed by atoms with Gasteiger partial charge in [-0.3, -0.25) is 0 Å². The van der Waals surface area contributed by atoms with Gasteiger partial charge in [0.25, 0.3) is 0 Å². The van der Waals surface area contributed by atoms with Gasteiger partial charge >= 0.3 is 0 Å². The van der Waals surface area contributed by atoms with Crippen LogP contribution in [-0.2, 0) is 5.41 Å². The number of nitrogens with zero attached hydrogens (tertiary/aromatic N) is 2. The van der Waals surface area contributed by atoms with Gasteiger partial charge in [-0.05, 0) is 124 Å². The molecule has 1 aliphatic carbocycles. The maximum Gasteiger partial charge on any atom is 0.0542 e. The highest BCUT2D eigenvalue weighted by molar-refractivity contribution is 8.29. The van der Waals surface area contributed by atoms with Crippen LogP contribution in [0, 0.1) is 0 Å². The third kappa shape index (κ3) is 4.18. The highest BCUT2D eigenvalue weighted by Crippen LogP contribution is 2.67. The van der Waals surface area contributed by atoms with Gasteiger partial charge in [-0.15, -0.1) is 0 Å². The van der Waals surface area contributed by atoms with E-state index in [4.69, 9.17) is 0 Å². The van der Waals surface area contributed by atoms with Gasteiger partial charge in [-0.2, -0.15) is 0 Å². The van der Waals surface area contributed by atoms with Crippen LogP contribution in [0.4, 0.5) is 0 Å². The Morgan fingerprint density at radius 2 is 0.929 bits per heavy atom. The van der Waals surface area contributed by atoms with Crippen LogP contribution in [0.2, 0.25) is 0 Å². The molecule has 1 unspecified atom stereocenters. The highest BCUT2D eigenvalue weighted by atomic mass is 32.3. The summed E-state index contributed by atoms with van der Waals surface area (Å²) in [5.74, 6) is 0. The standard InChI is InChI=1S/C52H38N2OS/c1-52(2)44-16-8-4-12-36(44)37-24-20-33(29-45(37)52)32-21-25-48-41(28-32)42-30-34(53-46-17-9-5-13-38(46)39-14-6-10-18-47(39)53)22-26-49(42)54(48)35-23-27-51-43(31-35)40-15-7-11-19-50(40)56(51,3)55/h4-31,55H,1-3H3. The molecule has 12 rings (SSSR count). The Labute approximate surface area is 327 Å². The molecule has 56 heavy (non-hydrogen) atoms. The second-order valence-electron chi connectivity index (χ2n) is 16.1. The lowest BCUT2D eigenvalue weighted by atomic mass is 9.81. The van der Waals surface area contributed by atoms with Gasteiger partial charge in [0, 0.05) is 48.1 Å². The Bertz CT molecular complexity index is 3270. The molecule has 2 aromatic heterocycles.